The Morgan fingerprint density at radius 1 is 1.44 bits per heavy atom. The maximum Gasteiger partial charge on any atom is 0.401 e. The third-order valence-corrected chi connectivity index (χ3v) is 2.58. The number of rotatable bonds is 2. The van der Waals surface area contributed by atoms with Crippen LogP contribution in [-0.2, 0) is 9.33 Å². The number of hydrogen-bond donors (Lipinski definition) is 0. The molecule has 0 bridgehead atoms. The summed E-state index contributed by atoms with van der Waals surface area (Å²) < 4.78 is 31.1. The Balaban J connectivity index is 2.57. The molecule has 0 radical (unpaired) electrons. The predicted molar refractivity (Wildman–Crippen MR) is 59.2 cm³/mol. The minimum absolute atomic E-state index is 0.0131. The lowest BCUT2D eigenvalue weighted by atomic mass is 10.3. The van der Waals surface area contributed by atoms with Gasteiger partial charge in [0, 0.05) is 19.1 Å². The van der Waals surface area contributed by atoms with E-state index in [1.165, 1.54) is 12.1 Å². The average Bonchev–Trinajstić information content (AvgIpc) is 2.42. The summed E-state index contributed by atoms with van der Waals surface area (Å²) in [7, 11) is 0.839. The molecule has 5 nitrogen and oxygen atoms in total. The van der Waals surface area contributed by atoms with Crippen molar-refractivity contribution in [3.63, 3.8) is 0 Å². The van der Waals surface area contributed by atoms with E-state index in [1.54, 1.807) is 6.92 Å². The predicted octanol–water partition coefficient (Wildman–Crippen LogP) is 2.65. The van der Waals surface area contributed by atoms with Crippen LogP contribution >= 0.6 is 22.3 Å². The van der Waals surface area contributed by atoms with Gasteiger partial charge in [-0.2, -0.15) is 8.42 Å². The molecule has 0 saturated heterocycles. The van der Waals surface area contributed by atoms with Crippen LogP contribution in [0.4, 0.5) is 0 Å². The Bertz CT molecular complexity index is 649. The van der Waals surface area contributed by atoms with Crippen LogP contribution in [0.2, 0.25) is 5.02 Å². The fourth-order valence-corrected chi connectivity index (χ4v) is 2.03. The van der Waals surface area contributed by atoms with Crippen molar-refractivity contribution in [1.29, 1.82) is 0 Å². The van der Waals surface area contributed by atoms with Crippen LogP contribution in [0.5, 0.6) is 5.75 Å². The van der Waals surface area contributed by atoms with Gasteiger partial charge in [0.25, 0.3) is 0 Å². The van der Waals surface area contributed by atoms with Gasteiger partial charge in [0.15, 0.2) is 11.5 Å². The molecule has 0 aliphatic carbocycles. The summed E-state index contributed by atoms with van der Waals surface area (Å²) in [6.07, 6.45) is 0. The maximum atomic E-state index is 10.7. The number of oxazole rings is 1. The largest absolute Gasteiger partial charge is 0.439 e. The first kappa shape index (κ1) is 11.5. The molecule has 0 N–H and O–H groups in total. The summed E-state index contributed by atoms with van der Waals surface area (Å²) in [5.41, 5.74) is 0.777. The molecule has 2 rings (SSSR count). The van der Waals surface area contributed by atoms with E-state index in [0.29, 0.717) is 17.0 Å². The van der Waals surface area contributed by atoms with Crippen molar-refractivity contribution in [2.24, 2.45) is 0 Å². The van der Waals surface area contributed by atoms with Gasteiger partial charge in [-0.1, -0.05) is 11.6 Å². The Labute approximate surface area is 101 Å². The summed E-state index contributed by atoms with van der Waals surface area (Å²) in [4.78, 5) is 4.00. The molecule has 0 fully saturated rings. The lowest BCUT2D eigenvalue weighted by molar-refractivity contribution is 0.503. The van der Waals surface area contributed by atoms with Crippen LogP contribution in [0.25, 0.3) is 11.1 Å². The third kappa shape index (κ3) is 2.40. The van der Waals surface area contributed by atoms with E-state index < -0.39 is 9.33 Å². The fraction of sp³-hybridized carbons (Fsp3) is 0.125. The molecule has 1 heterocycles. The van der Waals surface area contributed by atoms with E-state index in [0.717, 1.165) is 0 Å². The molecule has 0 atom stereocenters. The summed E-state index contributed by atoms with van der Waals surface area (Å²) >= 11 is 5.85. The van der Waals surface area contributed by atoms with E-state index >= 15 is 0 Å². The van der Waals surface area contributed by atoms with Crippen molar-refractivity contribution in [3.05, 3.63) is 23.0 Å². The number of hydrogen-bond acceptors (Lipinski definition) is 5. The van der Waals surface area contributed by atoms with Crippen LogP contribution in [0, 0.1) is 6.92 Å². The molecule has 16 heavy (non-hydrogen) atoms. The SMILES string of the molecule is Cc1nc2cc(OS(=O)(=O)Cl)cc(Cl)c2o1. The molecule has 0 aliphatic rings. The summed E-state index contributed by atoms with van der Waals surface area (Å²) in [5.74, 6) is 0.406. The molecule has 0 amide bonds. The minimum Gasteiger partial charge on any atom is -0.439 e. The Hall–Kier alpha value is -0.980. The number of aryl methyl sites for hydroxylation is 1. The van der Waals surface area contributed by atoms with Crippen LogP contribution in [0.3, 0.4) is 0 Å². The van der Waals surface area contributed by atoms with Gasteiger partial charge >= 0.3 is 9.33 Å². The Kier molecular flexibility index (Phi) is 2.73. The smallest absolute Gasteiger partial charge is 0.401 e. The molecule has 2 aromatic rings. The molecule has 0 saturated carbocycles. The lowest BCUT2D eigenvalue weighted by Crippen LogP contribution is -1.99. The first-order valence-electron chi connectivity index (χ1n) is 4.06. The summed E-state index contributed by atoms with van der Waals surface area (Å²) in [6.45, 7) is 1.65. The molecular formula is C8H5Cl2NO4S. The van der Waals surface area contributed by atoms with Gasteiger partial charge in [-0.3, -0.25) is 0 Å². The Morgan fingerprint density at radius 2 is 2.12 bits per heavy atom. The Morgan fingerprint density at radius 3 is 2.75 bits per heavy atom. The second-order valence-corrected chi connectivity index (χ2v) is 5.46. The molecule has 0 spiro atoms. The fourth-order valence-electron chi connectivity index (χ4n) is 1.24. The van der Waals surface area contributed by atoms with Gasteiger partial charge in [-0.05, 0) is 0 Å². The number of fused-ring (bicyclic) bond motifs is 1. The zero-order chi connectivity index (χ0) is 11.9. The van der Waals surface area contributed by atoms with Gasteiger partial charge in [0.1, 0.15) is 11.3 Å². The van der Waals surface area contributed by atoms with Gasteiger partial charge in [-0.25, -0.2) is 4.98 Å². The van der Waals surface area contributed by atoms with Gasteiger partial charge in [0.05, 0.1) is 15.7 Å². The van der Waals surface area contributed by atoms with E-state index in [9.17, 15) is 8.42 Å². The molecule has 86 valence electrons. The highest BCUT2D eigenvalue weighted by atomic mass is 35.7. The molecule has 1 aromatic heterocycles. The highest BCUT2D eigenvalue weighted by Crippen LogP contribution is 2.30. The first-order valence-corrected chi connectivity index (χ1v) is 6.67. The van der Waals surface area contributed by atoms with Crippen molar-refractivity contribution >= 4 is 42.7 Å². The number of benzene rings is 1. The third-order valence-electron chi connectivity index (χ3n) is 1.72. The summed E-state index contributed by atoms with van der Waals surface area (Å²) in [6, 6.07) is 2.66. The van der Waals surface area contributed by atoms with Crippen LogP contribution in [0.15, 0.2) is 16.5 Å². The van der Waals surface area contributed by atoms with E-state index in [4.69, 9.17) is 26.7 Å². The van der Waals surface area contributed by atoms with E-state index in [-0.39, 0.29) is 10.8 Å². The highest BCUT2D eigenvalue weighted by molar-refractivity contribution is 8.10. The standard InChI is InChI=1S/C8H5Cl2NO4S/c1-4-11-7-3-5(15-16(10,12)13)2-6(9)8(7)14-4/h2-3H,1H3. The highest BCUT2D eigenvalue weighted by Gasteiger charge is 2.13. The minimum atomic E-state index is -4.10. The van der Waals surface area contributed by atoms with E-state index in [1.807, 2.05) is 0 Å². The maximum absolute atomic E-state index is 10.7. The van der Waals surface area contributed by atoms with Gasteiger partial charge in [0.2, 0.25) is 0 Å². The zero-order valence-electron chi connectivity index (χ0n) is 7.90. The van der Waals surface area contributed by atoms with Crippen LogP contribution < -0.4 is 4.18 Å². The quantitative estimate of drug-likeness (QED) is 0.792. The van der Waals surface area contributed by atoms with Crippen molar-refractivity contribution in [1.82, 2.24) is 4.98 Å². The number of aromatic nitrogens is 1. The van der Waals surface area contributed by atoms with Crippen LogP contribution in [-0.4, -0.2) is 13.4 Å². The van der Waals surface area contributed by atoms with Crippen molar-refractivity contribution < 1.29 is 17.0 Å². The van der Waals surface area contributed by atoms with Crippen molar-refractivity contribution in [3.8, 4) is 5.75 Å². The van der Waals surface area contributed by atoms with Crippen molar-refractivity contribution in [2.45, 2.75) is 6.92 Å². The number of halogens is 2. The molecule has 0 unspecified atom stereocenters. The molecule has 8 heteroatoms. The first-order chi connectivity index (χ1) is 7.35. The normalized spacial score (nSPS) is 11.9. The second-order valence-electron chi connectivity index (χ2n) is 2.96. The van der Waals surface area contributed by atoms with Crippen LogP contribution in [0.1, 0.15) is 5.89 Å². The van der Waals surface area contributed by atoms with E-state index in [2.05, 4.69) is 9.17 Å². The van der Waals surface area contributed by atoms with Gasteiger partial charge < -0.3 is 8.60 Å². The van der Waals surface area contributed by atoms with Crippen molar-refractivity contribution in [2.75, 3.05) is 0 Å². The monoisotopic (exact) mass is 281 g/mol. The van der Waals surface area contributed by atoms with Gasteiger partial charge in [-0.15, -0.1) is 0 Å². The second kappa shape index (κ2) is 3.80. The number of nitrogens with zero attached hydrogens (tertiary/aromatic N) is 1. The lowest BCUT2D eigenvalue weighted by Gasteiger charge is -2.00. The molecular weight excluding hydrogens is 277 g/mol. The molecule has 1 aromatic carbocycles. The average molecular weight is 282 g/mol. The molecule has 0 aliphatic heterocycles. The topological polar surface area (TPSA) is 69.4 Å². The zero-order valence-corrected chi connectivity index (χ0v) is 10.2. The summed E-state index contributed by atoms with van der Waals surface area (Å²) in [5, 5.41) is 0.202.